The van der Waals surface area contributed by atoms with E-state index in [-0.39, 0.29) is 28.6 Å². The van der Waals surface area contributed by atoms with Crippen LogP contribution in [0.5, 0.6) is 0 Å². The van der Waals surface area contributed by atoms with Crippen molar-refractivity contribution < 1.29 is 23.3 Å². The van der Waals surface area contributed by atoms with E-state index in [2.05, 4.69) is 39.0 Å². The number of hydrogen-bond donors (Lipinski definition) is 2. The summed E-state index contributed by atoms with van der Waals surface area (Å²) in [6.07, 6.45) is 11.7. The number of oxime groups is 1. The summed E-state index contributed by atoms with van der Waals surface area (Å²) in [5.74, 6) is 13.2. The van der Waals surface area contributed by atoms with Crippen molar-refractivity contribution in [3.8, 4) is 35.1 Å². The van der Waals surface area contributed by atoms with Crippen LogP contribution >= 0.6 is 11.6 Å². The van der Waals surface area contributed by atoms with Gasteiger partial charge in [0.1, 0.15) is 11.6 Å². The molecule has 2 aliphatic rings. The molecule has 2 fully saturated rings. The topological polar surface area (TPSA) is 115 Å². The van der Waals surface area contributed by atoms with E-state index in [0.29, 0.717) is 28.4 Å². The van der Waals surface area contributed by atoms with Crippen molar-refractivity contribution in [1.82, 2.24) is 10.1 Å². The van der Waals surface area contributed by atoms with Gasteiger partial charge in [-0.25, -0.2) is 8.78 Å². The molecule has 54 heavy (non-hydrogen) atoms. The third-order valence-electron chi connectivity index (χ3n) is 9.11. The normalized spacial score (nSPS) is 14.5. The van der Waals surface area contributed by atoms with Crippen molar-refractivity contribution in [3.05, 3.63) is 142 Å². The van der Waals surface area contributed by atoms with Gasteiger partial charge in [-0.2, -0.15) is 4.98 Å². The Morgan fingerprint density at radius 3 is 1.70 bits per heavy atom. The standard InChI is InChI=1S/C22H19FN2O.C15H11FN2O.C7H11ClO/c23-20-8-4-5-17(15-20)10-9-16-11-13-18(14-12-16)21-24-22(26-25-21)19-6-2-1-3-7-19;16-14-3-1-2-12(10-14)5-4-11-6-8-13(9-7-11)15(17)18-19;8-7(9)6-4-2-1-3-5-6/h4-5,8,11-15,19H,1-3,6-7H2;1-3,6-10,19H,(H2,17,18);6H,1-5H2. The first-order valence-electron chi connectivity index (χ1n) is 18.0. The third kappa shape index (κ3) is 12.4. The Morgan fingerprint density at radius 1 is 0.722 bits per heavy atom. The van der Waals surface area contributed by atoms with Crippen LogP contribution in [0.25, 0.3) is 11.4 Å². The van der Waals surface area contributed by atoms with Gasteiger partial charge in [0.25, 0.3) is 0 Å². The molecule has 1 aromatic heterocycles. The number of carbonyl (C=O) groups is 1. The molecule has 7 rings (SSSR count). The zero-order valence-corrected chi connectivity index (χ0v) is 30.5. The maximum atomic E-state index is 13.2. The molecule has 0 aliphatic heterocycles. The first kappa shape index (κ1) is 39.4. The SMILES string of the molecule is Fc1cccc(C#Cc2ccc(-c3noc(C4CCCCC4)n3)cc2)c1.N/C(=N\O)c1ccc(C#Cc2cccc(F)c2)cc1.O=C(Cl)C1CCCCC1. The first-order valence-corrected chi connectivity index (χ1v) is 18.4. The number of carbonyl (C=O) groups excluding carboxylic acids is 1. The molecule has 0 radical (unpaired) electrons. The quantitative estimate of drug-likeness (QED) is 0.0473. The molecule has 0 spiro atoms. The molecule has 0 amide bonds. The maximum Gasteiger partial charge on any atom is 0.230 e. The fourth-order valence-electron chi connectivity index (χ4n) is 6.10. The van der Waals surface area contributed by atoms with Gasteiger partial charge in [0.05, 0.1) is 0 Å². The van der Waals surface area contributed by atoms with Gasteiger partial charge in [0.2, 0.25) is 17.0 Å². The number of halogens is 3. The maximum absolute atomic E-state index is 13.2. The summed E-state index contributed by atoms with van der Waals surface area (Å²) in [5, 5.41) is 15.4. The summed E-state index contributed by atoms with van der Waals surface area (Å²) in [6.45, 7) is 0. The summed E-state index contributed by atoms with van der Waals surface area (Å²) in [4.78, 5) is 15.1. The Morgan fingerprint density at radius 2 is 1.22 bits per heavy atom. The summed E-state index contributed by atoms with van der Waals surface area (Å²) in [5.41, 5.74) is 9.85. The van der Waals surface area contributed by atoms with Crippen LogP contribution in [0, 0.1) is 41.2 Å². The lowest BCUT2D eigenvalue weighted by Crippen LogP contribution is -2.12. The number of nitrogens with two attached hydrogens (primary N) is 1. The van der Waals surface area contributed by atoms with Gasteiger partial charge in [0.15, 0.2) is 5.84 Å². The van der Waals surface area contributed by atoms with Crippen molar-refractivity contribution >= 4 is 22.7 Å². The third-order valence-corrected chi connectivity index (χ3v) is 9.41. The highest BCUT2D eigenvalue weighted by molar-refractivity contribution is 6.63. The lowest BCUT2D eigenvalue weighted by atomic mass is 9.89. The van der Waals surface area contributed by atoms with Crippen molar-refractivity contribution in [2.45, 2.75) is 70.1 Å². The van der Waals surface area contributed by atoms with Gasteiger partial charge in [0, 0.05) is 45.2 Å². The van der Waals surface area contributed by atoms with Crippen LogP contribution in [-0.2, 0) is 4.79 Å². The summed E-state index contributed by atoms with van der Waals surface area (Å²) < 4.78 is 31.6. The molecule has 2 saturated carbocycles. The van der Waals surface area contributed by atoms with Gasteiger partial charge < -0.3 is 15.5 Å². The summed E-state index contributed by atoms with van der Waals surface area (Å²) in [7, 11) is 0. The molecule has 1 heterocycles. The average Bonchev–Trinajstić information content (AvgIpc) is 3.71. The van der Waals surface area contributed by atoms with E-state index in [1.807, 2.05) is 24.3 Å². The number of amidine groups is 1. The fraction of sp³-hybridized carbons (Fsp3) is 0.273. The van der Waals surface area contributed by atoms with E-state index < -0.39 is 0 Å². The smallest absolute Gasteiger partial charge is 0.230 e. The molecule has 10 heteroatoms. The van der Waals surface area contributed by atoms with Crippen LogP contribution < -0.4 is 5.73 Å². The minimum Gasteiger partial charge on any atom is -0.409 e. The van der Waals surface area contributed by atoms with E-state index in [0.717, 1.165) is 48.3 Å². The molecule has 0 bridgehead atoms. The Balaban J connectivity index is 0.000000175. The highest BCUT2D eigenvalue weighted by atomic mass is 35.5. The zero-order chi connectivity index (χ0) is 38.1. The number of hydrogen-bond acceptors (Lipinski definition) is 6. The molecular formula is C44H41ClF2N4O3. The molecular weight excluding hydrogens is 706 g/mol. The van der Waals surface area contributed by atoms with Crippen LogP contribution in [0.4, 0.5) is 8.78 Å². The monoisotopic (exact) mass is 746 g/mol. The van der Waals surface area contributed by atoms with E-state index in [4.69, 9.17) is 27.1 Å². The second-order valence-corrected chi connectivity index (χ2v) is 13.5. The van der Waals surface area contributed by atoms with Crippen LogP contribution in [0.15, 0.2) is 107 Å². The Hall–Kier alpha value is -5.77. The second kappa shape index (κ2) is 20.5. The largest absolute Gasteiger partial charge is 0.409 e. The van der Waals surface area contributed by atoms with Crippen LogP contribution in [-0.4, -0.2) is 26.4 Å². The van der Waals surface area contributed by atoms with Crippen molar-refractivity contribution in [1.29, 1.82) is 0 Å². The fourth-order valence-corrected chi connectivity index (χ4v) is 6.32. The number of nitrogens with zero attached hydrogens (tertiary/aromatic N) is 3. The molecule has 0 atom stereocenters. The Kier molecular flexibility index (Phi) is 14.9. The number of aromatic nitrogens is 2. The molecule has 5 aromatic rings. The van der Waals surface area contributed by atoms with Crippen molar-refractivity contribution in [2.75, 3.05) is 0 Å². The number of benzene rings is 4. The average molecular weight is 747 g/mol. The van der Waals surface area contributed by atoms with Gasteiger partial charge in [-0.3, -0.25) is 4.79 Å². The summed E-state index contributed by atoms with van der Waals surface area (Å²) in [6, 6.07) is 27.0. The van der Waals surface area contributed by atoms with Crippen molar-refractivity contribution in [2.24, 2.45) is 16.8 Å². The molecule has 0 unspecified atom stereocenters. The minimum absolute atomic E-state index is 0.0460. The molecule has 0 saturated heterocycles. The molecule has 4 aromatic carbocycles. The van der Waals surface area contributed by atoms with Crippen molar-refractivity contribution in [3.63, 3.8) is 0 Å². The molecule has 276 valence electrons. The van der Waals surface area contributed by atoms with E-state index in [9.17, 15) is 13.6 Å². The van der Waals surface area contributed by atoms with E-state index >= 15 is 0 Å². The van der Waals surface area contributed by atoms with Crippen LogP contribution in [0.2, 0.25) is 0 Å². The van der Waals surface area contributed by atoms with E-state index in [1.165, 1.54) is 62.8 Å². The van der Waals surface area contributed by atoms with Gasteiger partial charge in [-0.05, 0) is 122 Å². The second-order valence-electron chi connectivity index (χ2n) is 13.1. The zero-order valence-electron chi connectivity index (χ0n) is 29.8. The predicted octanol–water partition coefficient (Wildman–Crippen LogP) is 9.98. The molecule has 2 aliphatic carbocycles. The lowest BCUT2D eigenvalue weighted by molar-refractivity contribution is -0.115. The Bertz CT molecular complexity index is 2130. The van der Waals surface area contributed by atoms with Gasteiger partial charge in [-0.15, -0.1) is 0 Å². The molecule has 7 nitrogen and oxygen atoms in total. The number of rotatable bonds is 4. The van der Waals surface area contributed by atoms with Gasteiger partial charge >= 0.3 is 0 Å². The molecule has 3 N–H and O–H groups in total. The van der Waals surface area contributed by atoms with Crippen LogP contribution in [0.1, 0.15) is 104 Å². The summed E-state index contributed by atoms with van der Waals surface area (Å²) >= 11 is 5.32. The highest BCUT2D eigenvalue weighted by Gasteiger charge is 2.22. The highest BCUT2D eigenvalue weighted by Crippen LogP contribution is 2.32. The lowest BCUT2D eigenvalue weighted by Gasteiger charge is -2.17. The minimum atomic E-state index is -0.311. The first-order chi connectivity index (χ1) is 26.3. The predicted molar refractivity (Wildman–Crippen MR) is 207 cm³/mol. The Labute approximate surface area is 319 Å². The van der Waals surface area contributed by atoms with Gasteiger partial charge in [-0.1, -0.05) is 84.7 Å². The van der Waals surface area contributed by atoms with E-state index in [1.54, 1.807) is 48.5 Å². The van der Waals surface area contributed by atoms with Crippen LogP contribution in [0.3, 0.4) is 0 Å².